The van der Waals surface area contributed by atoms with E-state index in [1.165, 1.54) is 121 Å². The average Bonchev–Trinajstić information content (AvgIpc) is 3.22. The Balaban J connectivity index is 0.000000278. The van der Waals surface area contributed by atoms with E-state index < -0.39 is 11.9 Å². The number of carboxylic acid groups (broad SMARTS) is 2. The molecule has 320 valence electrons. The minimum atomic E-state index is -1.25. The molecular weight excluding hydrogens is 751 g/mol. The molecule has 0 saturated heterocycles. The number of pyridine rings is 2. The number of unbranched alkanes of at least 4 members (excludes halogenated alkanes) is 15. The number of hydrogen-bond donors (Lipinski definition) is 3. The summed E-state index contributed by atoms with van der Waals surface area (Å²) in [7, 11) is 4.34. The van der Waals surface area contributed by atoms with Crippen molar-refractivity contribution in [2.75, 3.05) is 20.6 Å². The van der Waals surface area contributed by atoms with E-state index in [0.29, 0.717) is 49.2 Å². The summed E-state index contributed by atoms with van der Waals surface area (Å²) in [5.74, 6) is -2.49. The fourth-order valence-electron chi connectivity index (χ4n) is 8.23. The summed E-state index contributed by atoms with van der Waals surface area (Å²) >= 11 is 0. The first-order valence-electron chi connectivity index (χ1n) is 22.2. The van der Waals surface area contributed by atoms with E-state index in [2.05, 4.69) is 30.9 Å². The molecule has 0 aliphatic carbocycles. The second-order valence-corrected chi connectivity index (χ2v) is 17.0. The first kappa shape index (κ1) is 45.8. The van der Waals surface area contributed by atoms with Gasteiger partial charge in [0.1, 0.15) is 0 Å². The van der Waals surface area contributed by atoms with E-state index in [4.69, 9.17) is 0 Å². The van der Waals surface area contributed by atoms with Gasteiger partial charge in [0.25, 0.3) is 0 Å². The highest BCUT2D eigenvalue weighted by Crippen LogP contribution is 2.27. The minimum absolute atomic E-state index is 0.0772. The number of aryl methyl sites for hydroxylation is 2. The fraction of sp³-hybridized carbons (Fsp3) is 0.451. The lowest BCUT2D eigenvalue weighted by Crippen LogP contribution is -2.15. The number of aromatic amines is 1. The second-order valence-electron chi connectivity index (χ2n) is 17.0. The molecule has 0 bridgehead atoms. The molecule has 2 aromatic heterocycles. The molecule has 0 fully saturated rings. The number of H-pyrrole nitrogens is 1. The fourth-order valence-corrected chi connectivity index (χ4v) is 8.23. The molecule has 4 aromatic carbocycles. The van der Waals surface area contributed by atoms with Gasteiger partial charge >= 0.3 is 11.9 Å². The van der Waals surface area contributed by atoms with E-state index in [1.807, 2.05) is 48.7 Å². The largest absolute Gasteiger partial charge is 0.478 e. The van der Waals surface area contributed by atoms with Crippen LogP contribution in [0.25, 0.3) is 43.6 Å². The topological polar surface area (TPSA) is 133 Å². The Morgan fingerprint density at radius 1 is 0.550 bits per heavy atom. The summed E-state index contributed by atoms with van der Waals surface area (Å²) in [4.78, 5) is 56.3. The summed E-state index contributed by atoms with van der Waals surface area (Å²) in [6.07, 6.45) is 23.3. The van der Waals surface area contributed by atoms with E-state index in [-0.39, 0.29) is 28.5 Å². The summed E-state index contributed by atoms with van der Waals surface area (Å²) < 4.78 is 1.83. The lowest BCUT2D eigenvalue weighted by molar-refractivity contribution is 0.0696. The normalized spacial score (nSPS) is 11.5. The van der Waals surface area contributed by atoms with Crippen molar-refractivity contribution in [3.8, 4) is 0 Å². The Labute approximate surface area is 354 Å². The molecular formula is C51H65N3O6. The SMILES string of the molecule is CCCCCCCCCCCCCCCCCCN(C)C.Cc1ccc2[nH]c3cc4c(=O)c5cc(C)ccc5n(Cc5cc(C(=O)O)cc(C(=O)O)c5)c4cc3c(=O)c2c1. The third-order valence-electron chi connectivity index (χ3n) is 11.6. The zero-order valence-electron chi connectivity index (χ0n) is 36.5. The van der Waals surface area contributed by atoms with Gasteiger partial charge in [0, 0.05) is 33.6 Å². The molecule has 3 N–H and O–H groups in total. The zero-order chi connectivity index (χ0) is 43.2. The molecule has 6 rings (SSSR count). The minimum Gasteiger partial charge on any atom is -0.478 e. The molecule has 0 aliphatic rings. The molecule has 9 nitrogen and oxygen atoms in total. The van der Waals surface area contributed by atoms with Gasteiger partial charge in [0.15, 0.2) is 10.9 Å². The van der Waals surface area contributed by atoms with Crippen molar-refractivity contribution in [2.45, 2.75) is 130 Å². The van der Waals surface area contributed by atoms with Crippen LogP contribution in [0.2, 0.25) is 0 Å². The van der Waals surface area contributed by atoms with E-state index in [1.54, 1.807) is 18.2 Å². The Hall–Kier alpha value is -5.28. The summed E-state index contributed by atoms with van der Waals surface area (Å²) in [5, 5.41) is 20.9. The molecule has 0 atom stereocenters. The number of aromatic nitrogens is 2. The van der Waals surface area contributed by atoms with Crippen LogP contribution in [-0.4, -0.2) is 57.2 Å². The van der Waals surface area contributed by atoms with Crippen LogP contribution < -0.4 is 10.9 Å². The first-order valence-corrected chi connectivity index (χ1v) is 22.2. The van der Waals surface area contributed by atoms with Crippen molar-refractivity contribution < 1.29 is 19.8 Å². The monoisotopic (exact) mass is 815 g/mol. The van der Waals surface area contributed by atoms with Crippen molar-refractivity contribution in [1.82, 2.24) is 14.5 Å². The highest BCUT2D eigenvalue weighted by Gasteiger charge is 2.17. The standard InChI is InChI=1S/C31H22N2O6.C20H43N/c1-15-3-5-24-20(7-15)28(34)21-13-27-23(12-25(21)32-24)29(35)22-8-16(2)4-6-26(22)33(27)14-17-9-18(30(36)37)11-19(10-17)31(38)39;1-4-5-6-7-8-9-10-11-12-13-14-15-16-17-18-19-20-21(2)3/h3-13H,14H2,1-2H3,(H,32,34)(H,36,37)(H,38,39);4-20H2,1-3H3. The van der Waals surface area contributed by atoms with Crippen LogP contribution in [-0.2, 0) is 6.54 Å². The maximum absolute atomic E-state index is 13.7. The molecule has 60 heavy (non-hydrogen) atoms. The van der Waals surface area contributed by atoms with Crippen LogP contribution in [0.3, 0.4) is 0 Å². The average molecular weight is 816 g/mol. The van der Waals surface area contributed by atoms with Gasteiger partial charge < -0.3 is 24.7 Å². The molecule has 0 unspecified atom stereocenters. The number of benzene rings is 4. The molecule has 6 aromatic rings. The van der Waals surface area contributed by atoms with Crippen molar-refractivity contribution in [1.29, 1.82) is 0 Å². The number of nitrogens with zero attached hydrogens (tertiary/aromatic N) is 2. The zero-order valence-corrected chi connectivity index (χ0v) is 36.5. The molecule has 0 saturated carbocycles. The van der Waals surface area contributed by atoms with E-state index in [0.717, 1.165) is 17.2 Å². The third kappa shape index (κ3) is 12.4. The van der Waals surface area contributed by atoms with Gasteiger partial charge in [-0.05, 0) is 101 Å². The second kappa shape index (κ2) is 22.4. The summed E-state index contributed by atoms with van der Waals surface area (Å²) in [6.45, 7) is 7.43. The third-order valence-corrected chi connectivity index (χ3v) is 11.6. The quantitative estimate of drug-likeness (QED) is 0.0486. The highest BCUT2D eigenvalue weighted by molar-refractivity contribution is 6.03. The van der Waals surface area contributed by atoms with Crippen molar-refractivity contribution in [3.05, 3.63) is 115 Å². The van der Waals surface area contributed by atoms with Gasteiger partial charge in [-0.3, -0.25) is 9.59 Å². The van der Waals surface area contributed by atoms with Crippen LogP contribution in [0.1, 0.15) is 147 Å². The summed E-state index contributed by atoms with van der Waals surface area (Å²) in [5.41, 5.74) is 3.86. The van der Waals surface area contributed by atoms with Crippen molar-refractivity contribution in [3.63, 3.8) is 0 Å². The highest BCUT2D eigenvalue weighted by atomic mass is 16.4. The number of rotatable bonds is 21. The number of nitrogens with one attached hydrogen (secondary N) is 1. The van der Waals surface area contributed by atoms with Crippen LogP contribution in [0.4, 0.5) is 0 Å². The molecule has 0 radical (unpaired) electrons. The Morgan fingerprint density at radius 3 is 1.55 bits per heavy atom. The maximum atomic E-state index is 13.7. The number of carbonyl (C=O) groups is 2. The van der Waals surface area contributed by atoms with E-state index in [9.17, 15) is 29.4 Å². The Kier molecular flexibility index (Phi) is 17.1. The van der Waals surface area contributed by atoms with Gasteiger partial charge in [-0.15, -0.1) is 0 Å². The van der Waals surface area contributed by atoms with Crippen LogP contribution in [0.15, 0.2) is 76.3 Å². The van der Waals surface area contributed by atoms with Crippen LogP contribution in [0, 0.1) is 13.8 Å². The predicted octanol–water partition coefficient (Wildman–Crippen LogP) is 12.0. The molecule has 9 heteroatoms. The summed E-state index contributed by atoms with van der Waals surface area (Å²) in [6, 6.07) is 18.4. The maximum Gasteiger partial charge on any atom is 0.335 e. The number of carboxylic acids is 2. The van der Waals surface area contributed by atoms with Gasteiger partial charge in [-0.2, -0.15) is 0 Å². The van der Waals surface area contributed by atoms with Crippen molar-refractivity contribution in [2.24, 2.45) is 0 Å². The lowest BCUT2D eigenvalue weighted by Gasteiger charge is -2.17. The van der Waals surface area contributed by atoms with Gasteiger partial charge in [0.05, 0.1) is 27.7 Å². The molecule has 0 amide bonds. The molecule has 0 spiro atoms. The van der Waals surface area contributed by atoms with Crippen LogP contribution >= 0.6 is 0 Å². The van der Waals surface area contributed by atoms with Gasteiger partial charge in [-0.1, -0.05) is 126 Å². The number of hydrogen-bond acceptors (Lipinski definition) is 5. The number of aromatic carboxylic acids is 2. The smallest absolute Gasteiger partial charge is 0.335 e. The Morgan fingerprint density at radius 2 is 1.02 bits per heavy atom. The lowest BCUT2D eigenvalue weighted by atomic mass is 10.0. The van der Waals surface area contributed by atoms with Gasteiger partial charge in [-0.25, -0.2) is 9.59 Å². The molecule has 2 heterocycles. The number of fused-ring (bicyclic) bond motifs is 4. The Bertz CT molecular complexity index is 2500. The van der Waals surface area contributed by atoms with Gasteiger partial charge in [0.2, 0.25) is 0 Å². The first-order chi connectivity index (χ1) is 28.9. The van der Waals surface area contributed by atoms with Crippen LogP contribution in [0.5, 0.6) is 0 Å². The predicted molar refractivity (Wildman–Crippen MR) is 248 cm³/mol. The molecule has 0 aliphatic heterocycles. The van der Waals surface area contributed by atoms with Crippen molar-refractivity contribution >= 4 is 55.6 Å². The van der Waals surface area contributed by atoms with E-state index >= 15 is 0 Å².